The van der Waals surface area contributed by atoms with Crippen LogP contribution in [0, 0.1) is 0 Å². The molecule has 0 saturated carbocycles. The zero-order valence-electron chi connectivity index (χ0n) is 12.4. The lowest BCUT2D eigenvalue weighted by molar-refractivity contribution is -0.246. The predicted molar refractivity (Wildman–Crippen MR) is 74.3 cm³/mol. The zero-order chi connectivity index (χ0) is 13.0. The Morgan fingerprint density at radius 1 is 0.647 bits per heavy atom. The van der Waals surface area contributed by atoms with Crippen LogP contribution >= 0.6 is 0 Å². The van der Waals surface area contributed by atoms with Crippen molar-refractivity contribution >= 4 is 0 Å². The van der Waals surface area contributed by atoms with Crippen LogP contribution in [0.4, 0.5) is 0 Å². The summed E-state index contributed by atoms with van der Waals surface area (Å²) in [5.41, 5.74) is 0. The molecule has 0 N–H and O–H groups in total. The quantitative estimate of drug-likeness (QED) is 0.358. The minimum atomic E-state index is -0.298. The lowest BCUT2D eigenvalue weighted by Gasteiger charge is -2.34. The lowest BCUT2D eigenvalue weighted by Crippen LogP contribution is -2.36. The van der Waals surface area contributed by atoms with Gasteiger partial charge in [-0.1, -0.05) is 53.4 Å². The third-order valence-corrected chi connectivity index (χ3v) is 2.99. The van der Waals surface area contributed by atoms with E-state index in [-0.39, 0.29) is 5.79 Å². The van der Waals surface area contributed by atoms with Gasteiger partial charge in [0.15, 0.2) is 5.79 Å². The Balaban J connectivity index is 4.25. The maximum absolute atomic E-state index is 6.08. The molecule has 0 aromatic carbocycles. The van der Waals surface area contributed by atoms with E-state index in [1.807, 2.05) is 0 Å². The summed E-state index contributed by atoms with van der Waals surface area (Å²) in [6.45, 7) is 10.5. The Morgan fingerprint density at radius 3 is 1.35 bits per heavy atom. The molecule has 0 aliphatic rings. The first-order valence-corrected chi connectivity index (χ1v) is 7.52. The van der Waals surface area contributed by atoms with Gasteiger partial charge in [0.1, 0.15) is 0 Å². The summed E-state index contributed by atoms with van der Waals surface area (Å²) < 4.78 is 12.2. The van der Waals surface area contributed by atoms with Crippen molar-refractivity contribution < 1.29 is 9.47 Å². The van der Waals surface area contributed by atoms with Crippen molar-refractivity contribution in [1.82, 2.24) is 0 Å². The van der Waals surface area contributed by atoms with Crippen LogP contribution in [0.25, 0.3) is 0 Å². The number of ether oxygens (including phenoxy) is 2. The Morgan fingerprint density at radius 2 is 1.06 bits per heavy atom. The second kappa shape index (κ2) is 11.0. The highest BCUT2D eigenvalue weighted by Crippen LogP contribution is 2.27. The largest absolute Gasteiger partial charge is 0.350 e. The van der Waals surface area contributed by atoms with E-state index in [0.717, 1.165) is 51.7 Å². The summed E-state index contributed by atoms with van der Waals surface area (Å²) in [5, 5.41) is 0. The molecule has 0 amide bonds. The van der Waals surface area contributed by atoms with E-state index in [1.54, 1.807) is 0 Å². The molecule has 0 bridgehead atoms. The van der Waals surface area contributed by atoms with Gasteiger partial charge in [0.05, 0.1) is 13.2 Å². The molecule has 0 saturated heterocycles. The molecule has 0 aliphatic heterocycles. The second-order valence-electron chi connectivity index (χ2n) is 4.81. The molecule has 0 aromatic heterocycles. The van der Waals surface area contributed by atoms with E-state index in [0.29, 0.717) is 0 Å². The van der Waals surface area contributed by atoms with E-state index in [1.165, 1.54) is 12.8 Å². The average molecular weight is 244 g/mol. The lowest BCUT2D eigenvalue weighted by atomic mass is 10.0. The SMILES string of the molecule is CCCCOC(CCC)(CCC)OCCCC. The molecule has 0 unspecified atom stereocenters. The standard InChI is InChI=1S/C15H32O2/c1-5-9-13-16-15(11-7-3,12-8-4)17-14-10-6-2/h5-14H2,1-4H3. The number of rotatable bonds is 12. The fourth-order valence-corrected chi connectivity index (χ4v) is 2.02. The van der Waals surface area contributed by atoms with Crippen molar-refractivity contribution in [1.29, 1.82) is 0 Å². The zero-order valence-corrected chi connectivity index (χ0v) is 12.4. The topological polar surface area (TPSA) is 18.5 Å². The van der Waals surface area contributed by atoms with Gasteiger partial charge in [0, 0.05) is 12.8 Å². The summed E-state index contributed by atoms with van der Waals surface area (Å²) in [4.78, 5) is 0. The highest BCUT2D eigenvalue weighted by Gasteiger charge is 2.29. The molecule has 0 heterocycles. The Bertz CT molecular complexity index is 139. The molecule has 0 spiro atoms. The van der Waals surface area contributed by atoms with E-state index >= 15 is 0 Å². The highest BCUT2D eigenvalue weighted by molar-refractivity contribution is 4.69. The van der Waals surface area contributed by atoms with Crippen LogP contribution in [0.3, 0.4) is 0 Å². The fourth-order valence-electron chi connectivity index (χ4n) is 2.02. The molecule has 0 aromatic rings. The number of hydrogen-bond donors (Lipinski definition) is 0. The molecular weight excluding hydrogens is 212 g/mol. The van der Waals surface area contributed by atoms with Gasteiger partial charge in [0.25, 0.3) is 0 Å². The van der Waals surface area contributed by atoms with Gasteiger partial charge in [-0.3, -0.25) is 0 Å². The van der Waals surface area contributed by atoms with Gasteiger partial charge in [-0.15, -0.1) is 0 Å². The molecule has 104 valence electrons. The van der Waals surface area contributed by atoms with Gasteiger partial charge in [0.2, 0.25) is 0 Å². The third-order valence-electron chi connectivity index (χ3n) is 2.99. The first kappa shape index (κ1) is 16.9. The van der Waals surface area contributed by atoms with Gasteiger partial charge in [-0.05, 0) is 12.8 Å². The van der Waals surface area contributed by atoms with Crippen LogP contribution in [0.2, 0.25) is 0 Å². The van der Waals surface area contributed by atoms with E-state index < -0.39 is 0 Å². The van der Waals surface area contributed by atoms with E-state index in [4.69, 9.17) is 9.47 Å². The van der Waals surface area contributed by atoms with Crippen LogP contribution in [0.5, 0.6) is 0 Å². The molecule has 2 nitrogen and oxygen atoms in total. The summed E-state index contributed by atoms with van der Waals surface area (Å²) in [5.74, 6) is -0.298. The van der Waals surface area contributed by atoms with Crippen molar-refractivity contribution in [2.24, 2.45) is 0 Å². The predicted octanol–water partition coefficient (Wildman–Crippen LogP) is 4.92. The molecule has 0 atom stereocenters. The second-order valence-corrected chi connectivity index (χ2v) is 4.81. The summed E-state index contributed by atoms with van der Waals surface area (Å²) >= 11 is 0. The van der Waals surface area contributed by atoms with E-state index in [2.05, 4.69) is 27.7 Å². The molecule has 2 heteroatoms. The highest BCUT2D eigenvalue weighted by atomic mass is 16.7. The first-order chi connectivity index (χ1) is 8.24. The van der Waals surface area contributed by atoms with Crippen LogP contribution in [0.1, 0.15) is 79.1 Å². The molecule has 0 rings (SSSR count). The molecular formula is C15H32O2. The molecule has 0 radical (unpaired) electrons. The Hall–Kier alpha value is -0.0800. The minimum Gasteiger partial charge on any atom is -0.350 e. The maximum Gasteiger partial charge on any atom is 0.168 e. The summed E-state index contributed by atoms with van der Waals surface area (Å²) in [6, 6.07) is 0. The van der Waals surface area contributed by atoms with Crippen LogP contribution in [-0.2, 0) is 9.47 Å². The van der Waals surface area contributed by atoms with Crippen LogP contribution < -0.4 is 0 Å². The smallest absolute Gasteiger partial charge is 0.168 e. The van der Waals surface area contributed by atoms with Crippen molar-refractivity contribution in [3.05, 3.63) is 0 Å². The van der Waals surface area contributed by atoms with Crippen LogP contribution in [0.15, 0.2) is 0 Å². The monoisotopic (exact) mass is 244 g/mol. The maximum atomic E-state index is 6.08. The van der Waals surface area contributed by atoms with Gasteiger partial charge in [-0.2, -0.15) is 0 Å². The molecule has 0 aliphatic carbocycles. The number of unbranched alkanes of at least 4 members (excludes halogenated alkanes) is 2. The molecule has 0 fully saturated rings. The van der Waals surface area contributed by atoms with Gasteiger partial charge in [-0.25, -0.2) is 0 Å². The number of hydrogen-bond acceptors (Lipinski definition) is 2. The first-order valence-electron chi connectivity index (χ1n) is 7.52. The van der Waals surface area contributed by atoms with Crippen molar-refractivity contribution in [3.8, 4) is 0 Å². The third kappa shape index (κ3) is 7.77. The van der Waals surface area contributed by atoms with Crippen LogP contribution in [-0.4, -0.2) is 19.0 Å². The van der Waals surface area contributed by atoms with Gasteiger partial charge >= 0.3 is 0 Å². The van der Waals surface area contributed by atoms with Crippen molar-refractivity contribution in [2.45, 2.75) is 84.8 Å². The van der Waals surface area contributed by atoms with Crippen molar-refractivity contribution in [3.63, 3.8) is 0 Å². The Kier molecular flexibility index (Phi) is 11.0. The van der Waals surface area contributed by atoms with E-state index in [9.17, 15) is 0 Å². The summed E-state index contributed by atoms with van der Waals surface area (Å²) in [7, 11) is 0. The minimum absolute atomic E-state index is 0.298. The van der Waals surface area contributed by atoms with Crippen molar-refractivity contribution in [2.75, 3.05) is 13.2 Å². The summed E-state index contributed by atoms with van der Waals surface area (Å²) in [6.07, 6.45) is 8.92. The average Bonchev–Trinajstić information content (AvgIpc) is 2.30. The normalized spacial score (nSPS) is 12.0. The fraction of sp³-hybridized carbons (Fsp3) is 1.00. The molecule has 17 heavy (non-hydrogen) atoms. The van der Waals surface area contributed by atoms with Gasteiger partial charge < -0.3 is 9.47 Å². The Labute approximate surface area is 108 Å².